The Morgan fingerprint density at radius 1 is 1.29 bits per heavy atom. The molecule has 0 unspecified atom stereocenters. The van der Waals surface area contributed by atoms with Gasteiger partial charge in [0.25, 0.3) is 0 Å². The molecule has 1 fully saturated rings. The second kappa shape index (κ2) is 4.07. The summed E-state index contributed by atoms with van der Waals surface area (Å²) in [7, 11) is -3.37. The molecule has 94 valence electrons. The molecule has 0 aliphatic heterocycles. The van der Waals surface area contributed by atoms with Crippen LogP contribution in [0.25, 0.3) is 0 Å². The van der Waals surface area contributed by atoms with Gasteiger partial charge in [0, 0.05) is 17.4 Å². The molecule has 3 nitrogen and oxygen atoms in total. The van der Waals surface area contributed by atoms with E-state index in [4.69, 9.17) is 5.73 Å². The number of hydrogen-bond donors (Lipinski definition) is 1. The number of rotatable bonds is 2. The molecule has 0 saturated heterocycles. The van der Waals surface area contributed by atoms with Gasteiger partial charge in [0.1, 0.15) is 5.82 Å². The number of sulfone groups is 1. The van der Waals surface area contributed by atoms with Crippen LogP contribution in [0.1, 0.15) is 31.2 Å². The molecule has 1 saturated carbocycles. The fraction of sp³-hybridized carbons (Fsp3) is 0.500. The zero-order chi connectivity index (χ0) is 12.7. The molecule has 17 heavy (non-hydrogen) atoms. The number of hydrogen-bond acceptors (Lipinski definition) is 3. The van der Waals surface area contributed by atoms with Crippen LogP contribution in [-0.2, 0) is 15.4 Å². The van der Waals surface area contributed by atoms with Crippen molar-refractivity contribution >= 4 is 9.84 Å². The number of nitrogens with two attached hydrogens (primary N) is 1. The lowest BCUT2D eigenvalue weighted by atomic mass is 9.89. The molecule has 0 spiro atoms. The highest BCUT2D eigenvalue weighted by Gasteiger charge is 2.33. The van der Waals surface area contributed by atoms with Gasteiger partial charge in [0.2, 0.25) is 0 Å². The summed E-state index contributed by atoms with van der Waals surface area (Å²) in [6.07, 6.45) is 4.55. The Balaban J connectivity index is 2.45. The van der Waals surface area contributed by atoms with Gasteiger partial charge in [0.15, 0.2) is 9.84 Å². The summed E-state index contributed by atoms with van der Waals surface area (Å²) in [6, 6.07) is 4.01. The predicted molar refractivity (Wildman–Crippen MR) is 63.8 cm³/mol. The minimum atomic E-state index is -3.37. The van der Waals surface area contributed by atoms with Crippen LogP contribution in [0.3, 0.4) is 0 Å². The van der Waals surface area contributed by atoms with Crippen LogP contribution in [0, 0.1) is 5.82 Å². The van der Waals surface area contributed by atoms with E-state index in [1.807, 2.05) is 0 Å². The summed E-state index contributed by atoms with van der Waals surface area (Å²) in [6.45, 7) is 0. The molecule has 0 atom stereocenters. The first-order valence-electron chi connectivity index (χ1n) is 5.62. The zero-order valence-electron chi connectivity index (χ0n) is 9.74. The molecule has 2 rings (SSSR count). The topological polar surface area (TPSA) is 60.2 Å². The van der Waals surface area contributed by atoms with Crippen molar-refractivity contribution in [2.24, 2.45) is 5.73 Å². The molecule has 0 heterocycles. The van der Waals surface area contributed by atoms with Crippen LogP contribution in [0.15, 0.2) is 23.1 Å². The van der Waals surface area contributed by atoms with Gasteiger partial charge in [-0.3, -0.25) is 0 Å². The van der Waals surface area contributed by atoms with Crippen LogP contribution in [0.4, 0.5) is 4.39 Å². The lowest BCUT2D eigenvalue weighted by Gasteiger charge is -2.24. The van der Waals surface area contributed by atoms with Crippen molar-refractivity contribution in [3.05, 3.63) is 29.6 Å². The first-order chi connectivity index (χ1) is 7.83. The van der Waals surface area contributed by atoms with E-state index in [9.17, 15) is 12.8 Å². The largest absolute Gasteiger partial charge is 0.321 e. The molecule has 0 amide bonds. The first-order valence-corrected chi connectivity index (χ1v) is 7.51. The zero-order valence-corrected chi connectivity index (χ0v) is 10.6. The van der Waals surface area contributed by atoms with Gasteiger partial charge in [0.05, 0.1) is 4.90 Å². The minimum absolute atomic E-state index is 0.000321. The summed E-state index contributed by atoms with van der Waals surface area (Å²) in [5.74, 6) is -0.516. The second-order valence-corrected chi connectivity index (χ2v) is 6.79. The van der Waals surface area contributed by atoms with Crippen molar-refractivity contribution in [1.82, 2.24) is 0 Å². The third-order valence-corrected chi connectivity index (χ3v) is 4.51. The van der Waals surface area contributed by atoms with Crippen LogP contribution in [-0.4, -0.2) is 14.7 Å². The molecule has 1 aliphatic rings. The van der Waals surface area contributed by atoms with E-state index in [1.165, 1.54) is 12.1 Å². The van der Waals surface area contributed by atoms with Crippen molar-refractivity contribution in [3.8, 4) is 0 Å². The maximum atomic E-state index is 13.9. The monoisotopic (exact) mass is 257 g/mol. The molecule has 2 N–H and O–H groups in total. The minimum Gasteiger partial charge on any atom is -0.321 e. The molecular weight excluding hydrogens is 241 g/mol. The Bertz CT molecular complexity index is 533. The molecular formula is C12H16FNO2S. The molecule has 1 aromatic rings. The summed E-state index contributed by atoms with van der Waals surface area (Å²) >= 11 is 0. The maximum Gasteiger partial charge on any atom is 0.175 e. The van der Waals surface area contributed by atoms with E-state index in [0.717, 1.165) is 38.0 Å². The van der Waals surface area contributed by atoms with Crippen molar-refractivity contribution in [1.29, 1.82) is 0 Å². The standard InChI is InChI=1S/C12H16FNO2S/c1-17(15,16)9-4-5-10(11(13)8-9)12(14)6-2-3-7-12/h4-5,8H,2-3,6-7,14H2,1H3. The number of halogens is 1. The lowest BCUT2D eigenvalue weighted by Crippen LogP contribution is -2.34. The van der Waals surface area contributed by atoms with Gasteiger partial charge in [-0.15, -0.1) is 0 Å². The molecule has 1 aliphatic carbocycles. The summed E-state index contributed by atoms with van der Waals surface area (Å²) in [5.41, 5.74) is 5.96. The fourth-order valence-electron chi connectivity index (χ4n) is 2.41. The van der Waals surface area contributed by atoms with Crippen molar-refractivity contribution in [3.63, 3.8) is 0 Å². The summed E-state index contributed by atoms with van der Waals surface area (Å²) < 4.78 is 36.5. The van der Waals surface area contributed by atoms with Gasteiger partial charge >= 0.3 is 0 Å². The van der Waals surface area contributed by atoms with Crippen LogP contribution in [0.5, 0.6) is 0 Å². The van der Waals surface area contributed by atoms with Gasteiger partial charge in [-0.25, -0.2) is 12.8 Å². The van der Waals surface area contributed by atoms with Crippen molar-refractivity contribution in [2.45, 2.75) is 36.1 Å². The van der Waals surface area contributed by atoms with E-state index in [0.29, 0.717) is 5.56 Å². The second-order valence-electron chi connectivity index (χ2n) is 4.78. The van der Waals surface area contributed by atoms with Crippen LogP contribution in [0.2, 0.25) is 0 Å². The van der Waals surface area contributed by atoms with E-state index in [-0.39, 0.29) is 4.90 Å². The quantitative estimate of drug-likeness (QED) is 0.881. The lowest BCUT2D eigenvalue weighted by molar-refractivity contribution is 0.432. The predicted octanol–water partition coefficient (Wildman–Crippen LogP) is 1.96. The Labute approximate surface area is 101 Å². The van der Waals surface area contributed by atoms with E-state index in [1.54, 1.807) is 0 Å². The Morgan fingerprint density at radius 3 is 2.35 bits per heavy atom. The normalized spacial score (nSPS) is 19.5. The first kappa shape index (κ1) is 12.5. The fourth-order valence-corrected chi connectivity index (χ4v) is 3.04. The Hall–Kier alpha value is -0.940. The summed E-state index contributed by atoms with van der Waals surface area (Å²) in [4.78, 5) is 0.000321. The summed E-state index contributed by atoms with van der Waals surface area (Å²) in [5, 5.41) is 0. The van der Waals surface area contributed by atoms with Gasteiger partial charge in [-0.1, -0.05) is 18.9 Å². The molecule has 0 aromatic heterocycles. The molecule has 5 heteroatoms. The van der Waals surface area contributed by atoms with Crippen LogP contribution >= 0.6 is 0 Å². The smallest absolute Gasteiger partial charge is 0.175 e. The highest BCUT2D eigenvalue weighted by molar-refractivity contribution is 7.90. The average Bonchev–Trinajstić information content (AvgIpc) is 2.64. The Morgan fingerprint density at radius 2 is 1.88 bits per heavy atom. The van der Waals surface area contributed by atoms with Crippen molar-refractivity contribution < 1.29 is 12.8 Å². The van der Waals surface area contributed by atoms with Crippen molar-refractivity contribution in [2.75, 3.05) is 6.26 Å². The van der Waals surface area contributed by atoms with E-state index < -0.39 is 21.2 Å². The number of benzene rings is 1. The third kappa shape index (κ3) is 2.35. The third-order valence-electron chi connectivity index (χ3n) is 3.40. The van der Waals surface area contributed by atoms with E-state index in [2.05, 4.69) is 0 Å². The van der Waals surface area contributed by atoms with Gasteiger partial charge in [-0.2, -0.15) is 0 Å². The molecule has 0 bridgehead atoms. The maximum absolute atomic E-state index is 13.9. The van der Waals surface area contributed by atoms with Gasteiger partial charge in [-0.05, 0) is 25.0 Å². The Kier molecular flexibility index (Phi) is 2.99. The van der Waals surface area contributed by atoms with E-state index >= 15 is 0 Å². The van der Waals surface area contributed by atoms with Crippen LogP contribution < -0.4 is 5.73 Å². The highest BCUT2D eigenvalue weighted by atomic mass is 32.2. The SMILES string of the molecule is CS(=O)(=O)c1ccc(C2(N)CCCC2)c(F)c1. The molecule has 1 aromatic carbocycles. The van der Waals surface area contributed by atoms with Gasteiger partial charge < -0.3 is 5.73 Å². The molecule has 0 radical (unpaired) electrons. The highest BCUT2D eigenvalue weighted by Crippen LogP contribution is 2.37. The average molecular weight is 257 g/mol.